The molecule has 1 aromatic carbocycles. The zero-order chi connectivity index (χ0) is 10.7. The Balaban J connectivity index is 2.34. The lowest BCUT2D eigenvalue weighted by molar-refractivity contribution is 0.250. The number of benzene rings is 1. The van der Waals surface area contributed by atoms with Gasteiger partial charge in [0.15, 0.2) is 0 Å². The second-order valence-electron chi connectivity index (χ2n) is 3.82. The molecule has 0 amide bonds. The molecule has 0 aromatic heterocycles. The van der Waals surface area contributed by atoms with Crippen LogP contribution < -0.4 is 0 Å². The first-order valence-electron chi connectivity index (χ1n) is 5.31. The van der Waals surface area contributed by atoms with Gasteiger partial charge >= 0.3 is 0 Å². The lowest BCUT2D eigenvalue weighted by atomic mass is 9.87. The van der Waals surface area contributed by atoms with Crippen LogP contribution in [-0.4, -0.2) is 7.11 Å². The van der Waals surface area contributed by atoms with Gasteiger partial charge in [0.2, 0.25) is 0 Å². The molecule has 0 saturated heterocycles. The van der Waals surface area contributed by atoms with E-state index in [0.717, 1.165) is 23.6 Å². The number of allylic oxidation sites excluding steroid dienone is 2. The monoisotopic (exact) mass is 222 g/mol. The average Bonchev–Trinajstić information content (AvgIpc) is 2.30. The summed E-state index contributed by atoms with van der Waals surface area (Å²) >= 11 is 6.20. The van der Waals surface area contributed by atoms with Crippen LogP contribution in [0.5, 0.6) is 0 Å². The van der Waals surface area contributed by atoms with Gasteiger partial charge in [0.05, 0.1) is 12.9 Å². The zero-order valence-electron chi connectivity index (χ0n) is 8.87. The van der Waals surface area contributed by atoms with Crippen LogP contribution in [0.25, 0.3) is 0 Å². The topological polar surface area (TPSA) is 9.23 Å². The Morgan fingerprint density at radius 2 is 2.13 bits per heavy atom. The molecule has 15 heavy (non-hydrogen) atoms. The summed E-state index contributed by atoms with van der Waals surface area (Å²) < 4.78 is 5.42. The van der Waals surface area contributed by atoms with E-state index in [-0.39, 0.29) is 0 Å². The third-order valence-corrected chi connectivity index (χ3v) is 3.25. The lowest BCUT2D eigenvalue weighted by Crippen LogP contribution is -2.09. The molecule has 0 radical (unpaired) electrons. The van der Waals surface area contributed by atoms with Crippen molar-refractivity contribution in [2.24, 2.45) is 0 Å². The average molecular weight is 223 g/mol. The minimum absolute atomic E-state index is 0.345. The van der Waals surface area contributed by atoms with Crippen LogP contribution in [0.3, 0.4) is 0 Å². The van der Waals surface area contributed by atoms with Crippen LogP contribution in [0.15, 0.2) is 36.1 Å². The van der Waals surface area contributed by atoms with Crippen molar-refractivity contribution in [1.82, 2.24) is 0 Å². The fourth-order valence-corrected chi connectivity index (χ4v) is 2.41. The number of rotatable bonds is 2. The molecule has 0 unspecified atom stereocenters. The predicted molar refractivity (Wildman–Crippen MR) is 63.1 cm³/mol. The molecular formula is C13H15ClO. The molecule has 2 heteroatoms. The fraction of sp³-hybridized carbons (Fsp3) is 0.385. The molecule has 1 aliphatic rings. The van der Waals surface area contributed by atoms with Gasteiger partial charge in [0.1, 0.15) is 0 Å². The van der Waals surface area contributed by atoms with E-state index in [4.69, 9.17) is 16.3 Å². The van der Waals surface area contributed by atoms with Crippen molar-refractivity contribution < 1.29 is 4.74 Å². The summed E-state index contributed by atoms with van der Waals surface area (Å²) in [5.74, 6) is 1.41. The van der Waals surface area contributed by atoms with E-state index in [9.17, 15) is 0 Å². The SMILES string of the molecule is COC1=CCCC[C@@H]1c1ccccc1Cl. The number of hydrogen-bond donors (Lipinski definition) is 0. The van der Waals surface area contributed by atoms with Crippen molar-refractivity contribution in [2.75, 3.05) is 7.11 Å². The van der Waals surface area contributed by atoms with Gasteiger partial charge in [-0.15, -0.1) is 0 Å². The number of hydrogen-bond acceptors (Lipinski definition) is 1. The van der Waals surface area contributed by atoms with Crippen molar-refractivity contribution in [3.8, 4) is 0 Å². The van der Waals surface area contributed by atoms with Gasteiger partial charge in [-0.2, -0.15) is 0 Å². The molecule has 0 spiro atoms. The van der Waals surface area contributed by atoms with E-state index in [2.05, 4.69) is 12.1 Å². The third kappa shape index (κ3) is 2.18. The van der Waals surface area contributed by atoms with Crippen molar-refractivity contribution in [2.45, 2.75) is 25.2 Å². The van der Waals surface area contributed by atoms with Gasteiger partial charge in [-0.1, -0.05) is 29.8 Å². The zero-order valence-corrected chi connectivity index (χ0v) is 9.63. The quantitative estimate of drug-likeness (QED) is 0.731. The normalized spacial score (nSPS) is 20.9. The van der Waals surface area contributed by atoms with Crippen LogP contribution >= 0.6 is 11.6 Å². The molecule has 1 atom stereocenters. The lowest BCUT2D eigenvalue weighted by Gasteiger charge is -2.24. The number of halogens is 1. The van der Waals surface area contributed by atoms with Crippen LogP contribution in [0.1, 0.15) is 30.7 Å². The van der Waals surface area contributed by atoms with Crippen LogP contribution in [0, 0.1) is 0 Å². The molecule has 1 aliphatic carbocycles. The summed E-state index contributed by atoms with van der Waals surface area (Å²) in [6.45, 7) is 0. The van der Waals surface area contributed by atoms with E-state index in [1.54, 1.807) is 7.11 Å². The van der Waals surface area contributed by atoms with Gasteiger partial charge in [0.25, 0.3) is 0 Å². The van der Waals surface area contributed by atoms with Crippen LogP contribution in [-0.2, 0) is 4.74 Å². The molecular weight excluding hydrogens is 208 g/mol. The summed E-state index contributed by atoms with van der Waals surface area (Å²) in [5.41, 5.74) is 1.19. The highest BCUT2D eigenvalue weighted by atomic mass is 35.5. The third-order valence-electron chi connectivity index (χ3n) is 2.90. The molecule has 2 rings (SSSR count). The van der Waals surface area contributed by atoms with Gasteiger partial charge in [-0.3, -0.25) is 0 Å². The minimum atomic E-state index is 0.345. The van der Waals surface area contributed by atoms with Crippen molar-refractivity contribution in [1.29, 1.82) is 0 Å². The Hall–Kier alpha value is -0.950. The summed E-state index contributed by atoms with van der Waals surface area (Å²) in [6, 6.07) is 8.03. The molecule has 1 aromatic rings. The number of methoxy groups -OCH3 is 1. The van der Waals surface area contributed by atoms with Crippen LogP contribution in [0.4, 0.5) is 0 Å². The minimum Gasteiger partial charge on any atom is -0.501 e. The largest absolute Gasteiger partial charge is 0.501 e. The van der Waals surface area contributed by atoms with Gasteiger partial charge in [0, 0.05) is 10.9 Å². The smallest absolute Gasteiger partial charge is 0.0990 e. The molecule has 0 heterocycles. The Morgan fingerprint density at radius 1 is 1.33 bits per heavy atom. The maximum absolute atomic E-state index is 6.20. The van der Waals surface area contributed by atoms with Gasteiger partial charge < -0.3 is 4.74 Å². The summed E-state index contributed by atoms with van der Waals surface area (Å²) in [5, 5.41) is 0.840. The van der Waals surface area contributed by atoms with Gasteiger partial charge in [-0.05, 0) is 37.0 Å². The maximum Gasteiger partial charge on any atom is 0.0990 e. The molecule has 0 saturated carbocycles. The highest BCUT2D eigenvalue weighted by molar-refractivity contribution is 6.31. The van der Waals surface area contributed by atoms with Crippen LogP contribution in [0.2, 0.25) is 5.02 Å². The van der Waals surface area contributed by atoms with E-state index in [0.29, 0.717) is 5.92 Å². The summed E-state index contributed by atoms with van der Waals surface area (Å²) in [6.07, 6.45) is 5.63. The van der Waals surface area contributed by atoms with Crippen molar-refractivity contribution in [3.05, 3.63) is 46.7 Å². The first-order valence-corrected chi connectivity index (χ1v) is 5.69. The molecule has 80 valence electrons. The maximum atomic E-state index is 6.20. The Morgan fingerprint density at radius 3 is 2.87 bits per heavy atom. The van der Waals surface area contributed by atoms with E-state index in [1.807, 2.05) is 18.2 Å². The van der Waals surface area contributed by atoms with E-state index in [1.165, 1.54) is 12.0 Å². The second kappa shape index (κ2) is 4.71. The van der Waals surface area contributed by atoms with Gasteiger partial charge in [-0.25, -0.2) is 0 Å². The molecule has 0 bridgehead atoms. The molecule has 0 aliphatic heterocycles. The Labute approximate surface area is 95.7 Å². The molecule has 1 nitrogen and oxygen atoms in total. The first kappa shape index (κ1) is 10.6. The first-order chi connectivity index (χ1) is 7.33. The summed E-state index contributed by atoms with van der Waals surface area (Å²) in [4.78, 5) is 0. The van der Waals surface area contributed by atoms with Crippen molar-refractivity contribution >= 4 is 11.6 Å². The second-order valence-corrected chi connectivity index (χ2v) is 4.22. The number of ether oxygens (including phenoxy) is 1. The van der Waals surface area contributed by atoms with E-state index >= 15 is 0 Å². The Kier molecular flexibility index (Phi) is 3.32. The molecule has 0 fully saturated rings. The highest BCUT2D eigenvalue weighted by Crippen LogP contribution is 2.37. The fourth-order valence-electron chi connectivity index (χ4n) is 2.14. The highest BCUT2D eigenvalue weighted by Gasteiger charge is 2.21. The van der Waals surface area contributed by atoms with Crippen molar-refractivity contribution in [3.63, 3.8) is 0 Å². The summed E-state index contributed by atoms with van der Waals surface area (Å²) in [7, 11) is 1.74. The predicted octanol–water partition coefficient (Wildman–Crippen LogP) is 4.14. The molecule has 0 N–H and O–H groups in total. The Bertz CT molecular complexity index is 371. The van der Waals surface area contributed by atoms with E-state index < -0.39 is 0 Å². The standard InChI is InChI=1S/C13H15ClO/c1-15-13-9-5-3-7-11(13)10-6-2-4-8-12(10)14/h2,4,6,8-9,11H,3,5,7H2,1H3/t11-/m1/s1.